The first-order valence-electron chi connectivity index (χ1n) is 1.84. The summed E-state index contributed by atoms with van der Waals surface area (Å²) in [5, 5.41) is 7.86. The van der Waals surface area contributed by atoms with Gasteiger partial charge < -0.3 is 6.53 Å². The quantitative estimate of drug-likeness (QED) is 0.364. The molecule has 0 saturated carbocycles. The van der Waals surface area contributed by atoms with Gasteiger partial charge in [0.2, 0.25) is 0 Å². The van der Waals surface area contributed by atoms with Crippen LogP contribution in [0.3, 0.4) is 0 Å². The molecule has 0 aliphatic carbocycles. The Hall–Kier alpha value is 0.430. The number of hydrogen-bond acceptors (Lipinski definition) is 2. The summed E-state index contributed by atoms with van der Waals surface area (Å²) in [7, 11) is 0. The average Bonchev–Trinajstić information content (AvgIpc) is 1.27. The number of aliphatic carboxylic acids is 1. The van der Waals surface area contributed by atoms with Gasteiger partial charge >= 0.3 is 35.5 Å². The van der Waals surface area contributed by atoms with Gasteiger partial charge in [-0.05, 0) is 6.92 Å². The summed E-state index contributed by atoms with van der Waals surface area (Å²) in [6.45, 7) is 1.24. The molecule has 0 amide bonds. The number of carbonyl (C=O) groups is 2. The number of carboxylic acid groups (broad SMARTS) is 1. The van der Waals surface area contributed by atoms with Crippen molar-refractivity contribution in [3.63, 3.8) is 0 Å². The molecule has 0 rings (SSSR count). The van der Waals surface area contributed by atoms with Crippen LogP contribution in [0.4, 0.5) is 0 Å². The van der Waals surface area contributed by atoms with Crippen molar-refractivity contribution >= 4 is 24.2 Å². The fraction of sp³-hybridized carbons (Fsp3) is 0.500. The Kier molecular flexibility index (Phi) is 15.2. The molecular formula is C4H8ClNaO3. The van der Waals surface area contributed by atoms with Gasteiger partial charge in [0.05, 0.1) is 0 Å². The van der Waals surface area contributed by atoms with Crippen molar-refractivity contribution < 1.29 is 45.7 Å². The zero-order chi connectivity index (χ0) is 5.86. The fourth-order valence-electron chi connectivity index (χ4n) is 0.213. The average molecular weight is 163 g/mol. The third kappa shape index (κ3) is 17.8. The SMILES string of the molecule is CC(=O)CC(=O)O.Cl.[H-].[Na+]. The predicted molar refractivity (Wildman–Crippen MR) is 31.3 cm³/mol. The van der Waals surface area contributed by atoms with Gasteiger partial charge in [0.25, 0.3) is 0 Å². The third-order valence-electron chi connectivity index (χ3n) is 0.400. The Morgan fingerprint density at radius 1 is 1.56 bits per heavy atom. The fourth-order valence-corrected chi connectivity index (χ4v) is 0.213. The van der Waals surface area contributed by atoms with E-state index in [1.165, 1.54) is 6.92 Å². The normalized spacial score (nSPS) is 6.33. The first-order valence-corrected chi connectivity index (χ1v) is 1.84. The van der Waals surface area contributed by atoms with Crippen molar-refractivity contribution in [2.45, 2.75) is 13.3 Å². The van der Waals surface area contributed by atoms with Gasteiger partial charge in [-0.1, -0.05) is 0 Å². The van der Waals surface area contributed by atoms with E-state index in [1.54, 1.807) is 0 Å². The summed E-state index contributed by atoms with van der Waals surface area (Å²) in [4.78, 5) is 19.5. The van der Waals surface area contributed by atoms with E-state index in [0.29, 0.717) is 0 Å². The summed E-state index contributed by atoms with van der Waals surface area (Å²) in [6.07, 6.45) is -0.361. The van der Waals surface area contributed by atoms with Crippen LogP contribution in [0.25, 0.3) is 0 Å². The minimum absolute atomic E-state index is 0. The van der Waals surface area contributed by atoms with E-state index in [4.69, 9.17) is 5.11 Å². The number of hydrogen-bond donors (Lipinski definition) is 1. The molecule has 9 heavy (non-hydrogen) atoms. The molecule has 0 unspecified atom stereocenters. The molecule has 0 spiro atoms. The van der Waals surface area contributed by atoms with E-state index in [-0.39, 0.29) is 55.6 Å². The van der Waals surface area contributed by atoms with E-state index in [9.17, 15) is 9.59 Å². The first-order chi connectivity index (χ1) is 3.13. The number of carbonyl (C=O) groups excluding carboxylic acids is 1. The Labute approximate surface area is 83.0 Å². The smallest absolute Gasteiger partial charge is 1.00 e. The second kappa shape index (κ2) is 8.43. The molecule has 0 aliphatic rings. The summed E-state index contributed by atoms with van der Waals surface area (Å²) < 4.78 is 0. The molecule has 0 saturated heterocycles. The molecule has 0 aromatic carbocycles. The second-order valence-corrected chi connectivity index (χ2v) is 1.27. The van der Waals surface area contributed by atoms with Crippen molar-refractivity contribution in [1.82, 2.24) is 0 Å². The molecule has 0 aromatic heterocycles. The molecule has 5 heteroatoms. The van der Waals surface area contributed by atoms with Crippen LogP contribution in [0.15, 0.2) is 0 Å². The Morgan fingerprint density at radius 2 is 1.89 bits per heavy atom. The molecule has 0 radical (unpaired) electrons. The second-order valence-electron chi connectivity index (χ2n) is 1.27. The maximum absolute atomic E-state index is 9.87. The monoisotopic (exact) mass is 162 g/mol. The number of ketones is 1. The zero-order valence-electron chi connectivity index (χ0n) is 6.38. The summed E-state index contributed by atoms with van der Waals surface area (Å²) in [5.41, 5.74) is 0. The van der Waals surface area contributed by atoms with Crippen LogP contribution in [0, 0.1) is 0 Å². The Bertz CT molecular complexity index is 96.7. The Morgan fingerprint density at radius 3 is 1.89 bits per heavy atom. The van der Waals surface area contributed by atoms with Crippen LogP contribution in [-0.2, 0) is 9.59 Å². The molecule has 0 fully saturated rings. The van der Waals surface area contributed by atoms with Crippen LogP contribution in [0.5, 0.6) is 0 Å². The maximum Gasteiger partial charge on any atom is 1.00 e. The van der Waals surface area contributed by atoms with Crippen molar-refractivity contribution in [2.75, 3.05) is 0 Å². The molecule has 0 bridgehead atoms. The standard InChI is InChI=1S/C4H6O3.ClH.Na.H/c1-3(5)2-4(6)7;;;/h2H2,1H3,(H,6,7);1H;;/q;;+1;-1. The van der Waals surface area contributed by atoms with Crippen molar-refractivity contribution in [1.29, 1.82) is 0 Å². The van der Waals surface area contributed by atoms with Crippen LogP contribution in [-0.4, -0.2) is 16.9 Å². The predicted octanol–water partition coefficient (Wildman–Crippen LogP) is -2.41. The largest absolute Gasteiger partial charge is 1.00 e. The molecule has 3 nitrogen and oxygen atoms in total. The van der Waals surface area contributed by atoms with Crippen LogP contribution in [0.2, 0.25) is 0 Å². The van der Waals surface area contributed by atoms with Gasteiger partial charge in [-0.15, -0.1) is 12.4 Å². The molecule has 0 heterocycles. The summed E-state index contributed by atoms with van der Waals surface area (Å²) >= 11 is 0. The van der Waals surface area contributed by atoms with Gasteiger partial charge in [-0.25, -0.2) is 0 Å². The van der Waals surface area contributed by atoms with Gasteiger partial charge in [-0.2, -0.15) is 0 Å². The van der Waals surface area contributed by atoms with Gasteiger partial charge in [0.15, 0.2) is 0 Å². The number of carboxylic acids is 1. The molecular weight excluding hydrogens is 154 g/mol. The van der Waals surface area contributed by atoms with E-state index >= 15 is 0 Å². The summed E-state index contributed by atoms with van der Waals surface area (Å²) in [6, 6.07) is 0. The molecule has 50 valence electrons. The molecule has 0 atom stereocenters. The van der Waals surface area contributed by atoms with Crippen molar-refractivity contribution in [3.05, 3.63) is 0 Å². The Balaban J connectivity index is -0.0000000600. The van der Waals surface area contributed by atoms with Crippen LogP contribution in [0.1, 0.15) is 14.8 Å². The van der Waals surface area contributed by atoms with Gasteiger partial charge in [0, 0.05) is 0 Å². The van der Waals surface area contributed by atoms with Crippen LogP contribution >= 0.6 is 12.4 Å². The van der Waals surface area contributed by atoms with Crippen molar-refractivity contribution in [3.8, 4) is 0 Å². The van der Waals surface area contributed by atoms with E-state index in [0.717, 1.165) is 0 Å². The minimum Gasteiger partial charge on any atom is -1.00 e. The maximum atomic E-state index is 9.87. The third-order valence-corrected chi connectivity index (χ3v) is 0.400. The van der Waals surface area contributed by atoms with Crippen molar-refractivity contribution in [2.24, 2.45) is 0 Å². The molecule has 0 aliphatic heterocycles. The topological polar surface area (TPSA) is 54.4 Å². The number of Topliss-reactive ketones (excluding diaryl/α,β-unsaturated/α-hetero) is 1. The number of rotatable bonds is 2. The number of halogens is 1. The van der Waals surface area contributed by atoms with E-state index < -0.39 is 5.97 Å². The minimum atomic E-state index is -1.06. The summed E-state index contributed by atoms with van der Waals surface area (Å²) in [5.74, 6) is -1.37. The van der Waals surface area contributed by atoms with E-state index in [1.807, 2.05) is 0 Å². The van der Waals surface area contributed by atoms with Crippen LogP contribution < -0.4 is 29.6 Å². The van der Waals surface area contributed by atoms with Gasteiger partial charge in [-0.3, -0.25) is 9.59 Å². The van der Waals surface area contributed by atoms with E-state index in [2.05, 4.69) is 0 Å². The first kappa shape index (κ1) is 16.2. The molecule has 1 N–H and O–H groups in total. The van der Waals surface area contributed by atoms with Gasteiger partial charge in [0.1, 0.15) is 12.2 Å². The molecule has 0 aromatic rings. The zero-order valence-corrected chi connectivity index (χ0v) is 8.20.